The fraction of sp³-hybridized carbons (Fsp3) is 0.533. The molecule has 23 heavy (non-hydrogen) atoms. The van der Waals surface area contributed by atoms with Gasteiger partial charge in [-0.25, -0.2) is 0 Å². The number of thiophene rings is 1. The number of halogens is 1. The molecule has 0 saturated heterocycles. The predicted octanol–water partition coefficient (Wildman–Crippen LogP) is 3.72. The molecule has 0 saturated carbocycles. The van der Waals surface area contributed by atoms with Crippen molar-refractivity contribution >= 4 is 33.2 Å². The van der Waals surface area contributed by atoms with E-state index in [0.29, 0.717) is 18.3 Å². The summed E-state index contributed by atoms with van der Waals surface area (Å²) in [4.78, 5) is 19.2. The molecule has 2 rings (SSSR count). The van der Waals surface area contributed by atoms with Gasteiger partial charge in [0.05, 0.1) is 11.4 Å². The number of carbonyl (C=O) groups excluding carboxylic acids is 1. The molecular weight excluding hydrogens is 382 g/mol. The first-order chi connectivity index (χ1) is 10.7. The van der Waals surface area contributed by atoms with E-state index < -0.39 is 11.6 Å². The zero-order chi connectivity index (χ0) is 17.2. The minimum absolute atomic E-state index is 0.276. The molecule has 0 aliphatic carbocycles. The number of ether oxygens (including phenoxy) is 1. The van der Waals surface area contributed by atoms with Crippen molar-refractivity contribution in [3.05, 3.63) is 21.8 Å². The molecule has 0 fully saturated rings. The van der Waals surface area contributed by atoms with Gasteiger partial charge in [-0.1, -0.05) is 5.16 Å². The molecule has 8 heteroatoms. The number of aromatic nitrogens is 2. The Kier molecular flexibility index (Phi) is 5.59. The van der Waals surface area contributed by atoms with Crippen molar-refractivity contribution in [3.8, 4) is 10.7 Å². The summed E-state index contributed by atoms with van der Waals surface area (Å²) in [5.41, 5.74) is -0.504. The largest absolute Gasteiger partial charge is 0.459 e. The number of esters is 1. The summed E-state index contributed by atoms with van der Waals surface area (Å²) in [5.74, 6) is 0.735. The maximum absolute atomic E-state index is 12.1. The molecule has 6 nitrogen and oxygen atoms in total. The molecule has 126 valence electrons. The molecule has 2 aromatic rings. The second kappa shape index (κ2) is 7.11. The molecule has 0 radical (unpaired) electrons. The van der Waals surface area contributed by atoms with Gasteiger partial charge in [0.1, 0.15) is 11.6 Å². The highest BCUT2D eigenvalue weighted by atomic mass is 79.9. The van der Waals surface area contributed by atoms with Crippen LogP contribution in [0.2, 0.25) is 0 Å². The van der Waals surface area contributed by atoms with Crippen LogP contribution in [-0.4, -0.2) is 39.7 Å². The van der Waals surface area contributed by atoms with Crippen molar-refractivity contribution < 1.29 is 14.1 Å². The maximum atomic E-state index is 12.1. The number of rotatable bonds is 5. The van der Waals surface area contributed by atoms with Gasteiger partial charge in [0.25, 0.3) is 0 Å². The van der Waals surface area contributed by atoms with Gasteiger partial charge in [0.2, 0.25) is 11.7 Å². The Morgan fingerprint density at radius 3 is 2.78 bits per heavy atom. The van der Waals surface area contributed by atoms with Crippen LogP contribution in [0.5, 0.6) is 0 Å². The van der Waals surface area contributed by atoms with Crippen LogP contribution >= 0.6 is 27.3 Å². The lowest BCUT2D eigenvalue weighted by atomic mass is 10.2. The minimum Gasteiger partial charge on any atom is -0.459 e. The number of carbonyl (C=O) groups is 1. The quantitative estimate of drug-likeness (QED) is 0.710. The van der Waals surface area contributed by atoms with Crippen molar-refractivity contribution in [2.75, 3.05) is 7.05 Å². The van der Waals surface area contributed by atoms with Crippen molar-refractivity contribution in [3.63, 3.8) is 0 Å². The van der Waals surface area contributed by atoms with Crippen molar-refractivity contribution in [2.24, 2.45) is 0 Å². The summed E-state index contributed by atoms with van der Waals surface area (Å²) in [6, 6.07) is 1.53. The average Bonchev–Trinajstić information content (AvgIpc) is 3.04. The fourth-order valence-corrected chi connectivity index (χ4v) is 3.12. The fourth-order valence-electron chi connectivity index (χ4n) is 1.77. The molecule has 0 aliphatic heterocycles. The highest BCUT2D eigenvalue weighted by molar-refractivity contribution is 9.10. The Bertz CT molecular complexity index is 678. The Balaban J connectivity index is 1.99. The van der Waals surface area contributed by atoms with Gasteiger partial charge in [-0.3, -0.25) is 9.69 Å². The lowest BCUT2D eigenvalue weighted by molar-refractivity contribution is -0.160. The van der Waals surface area contributed by atoms with E-state index >= 15 is 0 Å². The van der Waals surface area contributed by atoms with Crippen LogP contribution < -0.4 is 0 Å². The van der Waals surface area contributed by atoms with Gasteiger partial charge in [0.15, 0.2) is 0 Å². The van der Waals surface area contributed by atoms with Crippen LogP contribution in [0.15, 0.2) is 20.4 Å². The normalized spacial score (nSPS) is 13.3. The monoisotopic (exact) mass is 401 g/mol. The van der Waals surface area contributed by atoms with Gasteiger partial charge in [-0.05, 0) is 56.7 Å². The summed E-state index contributed by atoms with van der Waals surface area (Å²) < 4.78 is 11.6. The molecule has 0 N–H and O–H groups in total. The predicted molar refractivity (Wildman–Crippen MR) is 92.1 cm³/mol. The third-order valence-electron chi connectivity index (χ3n) is 3.05. The highest BCUT2D eigenvalue weighted by Gasteiger charge is 2.26. The van der Waals surface area contributed by atoms with E-state index in [9.17, 15) is 4.79 Å². The lowest BCUT2D eigenvalue weighted by Crippen LogP contribution is -2.40. The molecule has 2 heterocycles. The molecular formula is C15H20BrN3O3S. The van der Waals surface area contributed by atoms with Gasteiger partial charge < -0.3 is 9.26 Å². The summed E-state index contributed by atoms with van der Waals surface area (Å²) in [5, 5.41) is 5.94. The van der Waals surface area contributed by atoms with E-state index in [1.54, 1.807) is 6.92 Å². The van der Waals surface area contributed by atoms with Gasteiger partial charge >= 0.3 is 5.97 Å². The Morgan fingerprint density at radius 2 is 2.22 bits per heavy atom. The zero-order valence-corrected chi connectivity index (χ0v) is 16.2. The molecule has 0 bridgehead atoms. The van der Waals surface area contributed by atoms with Crippen LogP contribution in [0.3, 0.4) is 0 Å². The van der Waals surface area contributed by atoms with E-state index in [1.165, 1.54) is 11.3 Å². The topological polar surface area (TPSA) is 68.5 Å². The molecule has 0 aliphatic rings. The van der Waals surface area contributed by atoms with Gasteiger partial charge in [-0.15, -0.1) is 11.3 Å². The molecule has 0 unspecified atom stereocenters. The summed E-state index contributed by atoms with van der Waals surface area (Å²) in [6.45, 7) is 7.71. The smallest absolute Gasteiger partial charge is 0.323 e. The molecule has 0 amide bonds. The zero-order valence-electron chi connectivity index (χ0n) is 13.8. The van der Waals surface area contributed by atoms with E-state index in [4.69, 9.17) is 9.26 Å². The molecule has 0 spiro atoms. The first-order valence-corrected chi connectivity index (χ1v) is 8.83. The highest BCUT2D eigenvalue weighted by Crippen LogP contribution is 2.27. The number of hydrogen-bond acceptors (Lipinski definition) is 7. The first-order valence-electron chi connectivity index (χ1n) is 7.16. The molecule has 1 atom stereocenters. The van der Waals surface area contributed by atoms with Crippen molar-refractivity contribution in [2.45, 2.75) is 45.9 Å². The lowest BCUT2D eigenvalue weighted by Gasteiger charge is -2.26. The van der Waals surface area contributed by atoms with Gasteiger partial charge in [0, 0.05) is 9.85 Å². The van der Waals surface area contributed by atoms with Crippen LogP contribution in [0.4, 0.5) is 0 Å². The summed E-state index contributed by atoms with van der Waals surface area (Å²) >= 11 is 4.93. The van der Waals surface area contributed by atoms with Crippen LogP contribution in [-0.2, 0) is 16.1 Å². The van der Waals surface area contributed by atoms with Crippen LogP contribution in [0, 0.1) is 0 Å². The third kappa shape index (κ3) is 5.12. The van der Waals surface area contributed by atoms with Crippen molar-refractivity contribution in [1.82, 2.24) is 15.0 Å². The Hall–Kier alpha value is -1.25. The number of nitrogens with zero attached hydrogens (tertiary/aromatic N) is 3. The second-order valence-corrected chi connectivity index (χ2v) is 8.09. The van der Waals surface area contributed by atoms with Crippen molar-refractivity contribution in [1.29, 1.82) is 0 Å². The van der Waals surface area contributed by atoms with E-state index in [2.05, 4.69) is 26.1 Å². The first kappa shape index (κ1) is 18.1. The third-order valence-corrected chi connectivity index (χ3v) is 4.74. The van der Waals surface area contributed by atoms with Crippen LogP contribution in [0.1, 0.15) is 33.6 Å². The standard InChI is InChI=1S/C15H20BrN3O3S/c1-9(14(20)21-15(2,3)4)19(5)7-12-17-13(18-22-12)11-6-10(16)8-23-11/h6,8-9H,7H2,1-5H3/t9-/m0/s1. The second-order valence-electron chi connectivity index (χ2n) is 6.27. The van der Waals surface area contributed by atoms with E-state index in [0.717, 1.165) is 9.35 Å². The van der Waals surface area contributed by atoms with Gasteiger partial charge in [-0.2, -0.15) is 4.98 Å². The molecule has 2 aromatic heterocycles. The number of likely N-dealkylation sites (N-methyl/N-ethyl adjacent to an activating group) is 1. The van der Waals surface area contributed by atoms with Crippen LogP contribution in [0.25, 0.3) is 10.7 Å². The number of hydrogen-bond donors (Lipinski definition) is 0. The maximum Gasteiger partial charge on any atom is 0.323 e. The average molecular weight is 402 g/mol. The molecule has 0 aromatic carbocycles. The summed E-state index contributed by atoms with van der Waals surface area (Å²) in [6.07, 6.45) is 0. The van der Waals surface area contributed by atoms with E-state index in [1.807, 2.05) is 44.2 Å². The van der Waals surface area contributed by atoms with E-state index in [-0.39, 0.29) is 5.97 Å². The Labute approximate surface area is 148 Å². The Morgan fingerprint density at radius 1 is 1.52 bits per heavy atom. The summed E-state index contributed by atoms with van der Waals surface area (Å²) in [7, 11) is 1.82. The SMILES string of the molecule is C[C@@H](C(=O)OC(C)(C)C)N(C)Cc1nc(-c2cc(Br)cs2)no1. The minimum atomic E-state index is -0.504.